The van der Waals surface area contributed by atoms with Gasteiger partial charge in [-0.1, -0.05) is 25.5 Å². The second-order valence-electron chi connectivity index (χ2n) is 4.82. The van der Waals surface area contributed by atoms with Crippen molar-refractivity contribution >= 4 is 22.6 Å². The zero-order chi connectivity index (χ0) is 14.1. The van der Waals surface area contributed by atoms with Crippen LogP contribution in [0.1, 0.15) is 40.5 Å². The van der Waals surface area contributed by atoms with E-state index in [0.29, 0.717) is 23.1 Å². The minimum absolute atomic E-state index is 0.348. The van der Waals surface area contributed by atoms with Gasteiger partial charge in [-0.25, -0.2) is 0 Å². The van der Waals surface area contributed by atoms with E-state index in [1.54, 1.807) is 18.2 Å². The van der Waals surface area contributed by atoms with Crippen molar-refractivity contribution in [2.75, 3.05) is 6.61 Å². The number of amides is 2. The fraction of sp³-hybridized carbons (Fsp3) is 0.250. The minimum atomic E-state index is -0.348. The Bertz CT molecular complexity index is 686. The highest BCUT2D eigenvalue weighted by Gasteiger charge is 2.25. The number of ether oxygens (including phenoxy) is 1. The summed E-state index contributed by atoms with van der Waals surface area (Å²) in [4.78, 5) is 23.8. The van der Waals surface area contributed by atoms with Gasteiger partial charge in [0, 0.05) is 21.9 Å². The minimum Gasteiger partial charge on any atom is -0.493 e. The van der Waals surface area contributed by atoms with Crippen LogP contribution < -0.4 is 10.1 Å². The third-order valence-corrected chi connectivity index (χ3v) is 3.47. The standard InChI is InChI=1S/C16H15NO3/c1-2-3-9-20-13-8-7-12-14-10(13)5-4-6-11(14)15(18)17-16(12)19/h4-8H,2-3,9H2,1H3,(H,17,18,19). The Morgan fingerprint density at radius 1 is 1.05 bits per heavy atom. The Morgan fingerprint density at radius 2 is 1.80 bits per heavy atom. The average molecular weight is 269 g/mol. The molecule has 1 aliphatic rings. The first-order chi connectivity index (χ1) is 9.72. The molecule has 1 heterocycles. The molecule has 4 heteroatoms. The molecule has 0 saturated carbocycles. The molecule has 2 amide bonds. The Kier molecular flexibility index (Phi) is 3.14. The maximum Gasteiger partial charge on any atom is 0.258 e. The maximum absolute atomic E-state index is 11.9. The molecule has 0 fully saturated rings. The molecule has 4 nitrogen and oxygen atoms in total. The topological polar surface area (TPSA) is 55.4 Å². The Morgan fingerprint density at radius 3 is 2.55 bits per heavy atom. The zero-order valence-corrected chi connectivity index (χ0v) is 11.2. The lowest BCUT2D eigenvalue weighted by Gasteiger charge is -2.18. The van der Waals surface area contributed by atoms with E-state index in [9.17, 15) is 9.59 Å². The van der Waals surface area contributed by atoms with E-state index in [4.69, 9.17) is 4.74 Å². The van der Waals surface area contributed by atoms with Gasteiger partial charge in [-0.3, -0.25) is 14.9 Å². The Labute approximate surface area is 116 Å². The van der Waals surface area contributed by atoms with E-state index in [1.807, 2.05) is 12.1 Å². The molecule has 1 aliphatic heterocycles. The van der Waals surface area contributed by atoms with Crippen molar-refractivity contribution < 1.29 is 14.3 Å². The summed E-state index contributed by atoms with van der Waals surface area (Å²) in [6.07, 6.45) is 2.03. The predicted octanol–water partition coefficient (Wildman–Crippen LogP) is 2.90. The lowest BCUT2D eigenvalue weighted by molar-refractivity contribution is 0.0845. The lowest BCUT2D eigenvalue weighted by atomic mass is 9.95. The molecule has 0 spiro atoms. The van der Waals surface area contributed by atoms with Crippen LogP contribution in [0.3, 0.4) is 0 Å². The van der Waals surface area contributed by atoms with Crippen LogP contribution in [0, 0.1) is 0 Å². The molecule has 2 aromatic carbocycles. The number of carbonyl (C=O) groups excluding carboxylic acids is 2. The van der Waals surface area contributed by atoms with Crippen LogP contribution in [0.25, 0.3) is 10.8 Å². The van der Waals surface area contributed by atoms with E-state index >= 15 is 0 Å². The smallest absolute Gasteiger partial charge is 0.258 e. The van der Waals surface area contributed by atoms with Gasteiger partial charge >= 0.3 is 0 Å². The summed E-state index contributed by atoms with van der Waals surface area (Å²) in [5.41, 5.74) is 1.05. The summed E-state index contributed by atoms with van der Waals surface area (Å²) in [6, 6.07) is 8.93. The lowest BCUT2D eigenvalue weighted by Crippen LogP contribution is -2.34. The first kappa shape index (κ1) is 12.7. The molecular formula is C16H15NO3. The fourth-order valence-electron chi connectivity index (χ4n) is 2.45. The highest BCUT2D eigenvalue weighted by Crippen LogP contribution is 2.33. The molecule has 0 saturated heterocycles. The van der Waals surface area contributed by atoms with Crippen LogP contribution in [0.5, 0.6) is 5.75 Å². The average Bonchev–Trinajstić information content (AvgIpc) is 2.45. The largest absolute Gasteiger partial charge is 0.493 e. The van der Waals surface area contributed by atoms with E-state index < -0.39 is 0 Å². The van der Waals surface area contributed by atoms with Gasteiger partial charge in [0.25, 0.3) is 11.8 Å². The van der Waals surface area contributed by atoms with Crippen molar-refractivity contribution in [3.8, 4) is 5.75 Å². The quantitative estimate of drug-likeness (QED) is 0.686. The molecule has 3 rings (SSSR count). The van der Waals surface area contributed by atoms with Gasteiger partial charge in [-0.2, -0.15) is 0 Å². The van der Waals surface area contributed by atoms with Gasteiger partial charge in [0.1, 0.15) is 5.75 Å². The number of rotatable bonds is 4. The molecule has 0 atom stereocenters. The van der Waals surface area contributed by atoms with Crippen LogP contribution in [0.15, 0.2) is 30.3 Å². The molecule has 0 bridgehead atoms. The van der Waals surface area contributed by atoms with Crippen molar-refractivity contribution in [1.82, 2.24) is 5.32 Å². The van der Waals surface area contributed by atoms with E-state index in [1.165, 1.54) is 0 Å². The first-order valence-corrected chi connectivity index (χ1v) is 6.76. The normalized spacial score (nSPS) is 13.4. The van der Waals surface area contributed by atoms with Gasteiger partial charge in [-0.05, 0) is 24.6 Å². The van der Waals surface area contributed by atoms with Crippen molar-refractivity contribution in [3.63, 3.8) is 0 Å². The number of benzene rings is 2. The maximum atomic E-state index is 11.9. The number of hydrogen-bond donors (Lipinski definition) is 1. The number of imide groups is 1. The van der Waals surface area contributed by atoms with Gasteiger partial charge in [0.2, 0.25) is 0 Å². The van der Waals surface area contributed by atoms with Gasteiger partial charge in [-0.15, -0.1) is 0 Å². The molecule has 0 aromatic heterocycles. The third-order valence-electron chi connectivity index (χ3n) is 3.47. The fourth-order valence-corrected chi connectivity index (χ4v) is 2.45. The second kappa shape index (κ2) is 4.96. The van der Waals surface area contributed by atoms with E-state index in [-0.39, 0.29) is 11.8 Å². The summed E-state index contributed by atoms with van der Waals surface area (Å²) >= 11 is 0. The predicted molar refractivity (Wildman–Crippen MR) is 76.1 cm³/mol. The van der Waals surface area contributed by atoms with Gasteiger partial charge in [0.15, 0.2) is 0 Å². The second-order valence-corrected chi connectivity index (χ2v) is 4.82. The Hall–Kier alpha value is -2.36. The van der Waals surface area contributed by atoms with Crippen LogP contribution in [-0.2, 0) is 0 Å². The Balaban J connectivity index is 2.16. The number of carbonyl (C=O) groups is 2. The highest BCUT2D eigenvalue weighted by molar-refractivity contribution is 6.26. The summed E-state index contributed by atoms with van der Waals surface area (Å²) in [6.45, 7) is 2.74. The number of unbranched alkanes of at least 4 members (excludes halogenated alkanes) is 1. The number of nitrogens with one attached hydrogen (secondary N) is 1. The van der Waals surface area contributed by atoms with Crippen molar-refractivity contribution in [2.24, 2.45) is 0 Å². The van der Waals surface area contributed by atoms with Gasteiger partial charge < -0.3 is 4.74 Å². The SMILES string of the molecule is CCCCOc1ccc2c3c(cccc13)C(=O)NC2=O. The van der Waals surface area contributed by atoms with Crippen molar-refractivity contribution in [2.45, 2.75) is 19.8 Å². The van der Waals surface area contributed by atoms with Crippen molar-refractivity contribution in [1.29, 1.82) is 0 Å². The molecule has 1 N–H and O–H groups in total. The molecule has 102 valence electrons. The summed E-state index contributed by atoms with van der Waals surface area (Å²) in [5, 5.41) is 3.86. The molecular weight excluding hydrogens is 254 g/mol. The summed E-state index contributed by atoms with van der Waals surface area (Å²) in [7, 11) is 0. The molecule has 0 aliphatic carbocycles. The molecule has 20 heavy (non-hydrogen) atoms. The van der Waals surface area contributed by atoms with Crippen LogP contribution >= 0.6 is 0 Å². The number of hydrogen-bond acceptors (Lipinski definition) is 3. The van der Waals surface area contributed by atoms with E-state index in [0.717, 1.165) is 24.0 Å². The third kappa shape index (κ3) is 1.93. The molecule has 2 aromatic rings. The monoisotopic (exact) mass is 269 g/mol. The van der Waals surface area contributed by atoms with Crippen molar-refractivity contribution in [3.05, 3.63) is 41.5 Å². The molecule has 0 radical (unpaired) electrons. The van der Waals surface area contributed by atoms with Crippen LogP contribution in [-0.4, -0.2) is 18.4 Å². The summed E-state index contributed by atoms with van der Waals surface area (Å²) in [5.74, 6) is 0.0270. The molecule has 0 unspecified atom stereocenters. The van der Waals surface area contributed by atoms with Gasteiger partial charge in [0.05, 0.1) is 6.61 Å². The van der Waals surface area contributed by atoms with Crippen LogP contribution in [0.2, 0.25) is 0 Å². The van der Waals surface area contributed by atoms with Crippen LogP contribution in [0.4, 0.5) is 0 Å². The first-order valence-electron chi connectivity index (χ1n) is 6.76. The summed E-state index contributed by atoms with van der Waals surface area (Å²) < 4.78 is 5.77. The highest BCUT2D eigenvalue weighted by atomic mass is 16.5. The van der Waals surface area contributed by atoms with E-state index in [2.05, 4.69) is 12.2 Å². The zero-order valence-electron chi connectivity index (χ0n) is 11.2.